The molecular formula is C18H22N2O3. The first kappa shape index (κ1) is 16.9. The van der Waals surface area contributed by atoms with Crippen LogP contribution in [0.25, 0.3) is 0 Å². The van der Waals surface area contributed by atoms with E-state index in [1.54, 1.807) is 24.3 Å². The van der Waals surface area contributed by atoms with Crippen LogP contribution in [0.5, 0.6) is 5.88 Å². The summed E-state index contributed by atoms with van der Waals surface area (Å²) in [6, 6.07) is 3.65. The molecular weight excluding hydrogens is 292 g/mol. The van der Waals surface area contributed by atoms with Gasteiger partial charge in [0.15, 0.2) is 0 Å². The van der Waals surface area contributed by atoms with Crippen LogP contribution in [0.4, 0.5) is 4.79 Å². The van der Waals surface area contributed by atoms with Gasteiger partial charge in [-0.2, -0.15) is 0 Å². The molecule has 0 unspecified atom stereocenters. The Morgan fingerprint density at radius 3 is 2.61 bits per heavy atom. The highest BCUT2D eigenvalue weighted by Crippen LogP contribution is 2.15. The van der Waals surface area contributed by atoms with Crippen molar-refractivity contribution in [3.8, 4) is 17.7 Å². The van der Waals surface area contributed by atoms with Crippen LogP contribution < -0.4 is 4.74 Å². The molecule has 1 aliphatic rings. The summed E-state index contributed by atoms with van der Waals surface area (Å²) >= 11 is 0. The van der Waals surface area contributed by atoms with Crippen LogP contribution in [-0.2, 0) is 4.74 Å². The van der Waals surface area contributed by atoms with Crippen LogP contribution in [0.2, 0.25) is 0 Å². The number of rotatable bonds is 1. The van der Waals surface area contributed by atoms with Gasteiger partial charge < -0.3 is 14.4 Å². The first-order valence-corrected chi connectivity index (χ1v) is 7.56. The van der Waals surface area contributed by atoms with Gasteiger partial charge in [-0.25, -0.2) is 9.78 Å². The van der Waals surface area contributed by atoms with E-state index in [1.165, 1.54) is 0 Å². The van der Waals surface area contributed by atoms with Crippen LogP contribution in [0, 0.1) is 11.8 Å². The third kappa shape index (κ3) is 5.33. The number of pyridine rings is 1. The molecule has 0 atom stereocenters. The summed E-state index contributed by atoms with van der Waals surface area (Å²) in [5, 5.41) is 0. The van der Waals surface area contributed by atoms with Crippen LogP contribution in [0.1, 0.15) is 32.8 Å². The summed E-state index contributed by atoms with van der Waals surface area (Å²) in [7, 11) is 1.58. The van der Waals surface area contributed by atoms with Crippen molar-refractivity contribution in [3.63, 3.8) is 0 Å². The maximum Gasteiger partial charge on any atom is 0.410 e. The number of methoxy groups -OCH3 is 1. The molecule has 1 aliphatic heterocycles. The van der Waals surface area contributed by atoms with Crippen molar-refractivity contribution in [2.45, 2.75) is 32.8 Å². The lowest BCUT2D eigenvalue weighted by atomic mass is 10.1. The molecule has 122 valence electrons. The SMILES string of the molecule is COc1ccc(C#CC2=CCN(C(=O)OC(C)(C)C)CC2)cn1. The molecule has 2 heterocycles. The number of aromatic nitrogens is 1. The maximum absolute atomic E-state index is 12.0. The lowest BCUT2D eigenvalue weighted by Crippen LogP contribution is -2.39. The Kier molecular flexibility index (Phi) is 5.28. The first-order valence-electron chi connectivity index (χ1n) is 7.56. The zero-order valence-electron chi connectivity index (χ0n) is 14.0. The highest BCUT2D eigenvalue weighted by Gasteiger charge is 2.23. The molecule has 5 nitrogen and oxygen atoms in total. The van der Waals surface area contributed by atoms with Crippen molar-refractivity contribution in [1.29, 1.82) is 0 Å². The van der Waals surface area contributed by atoms with Gasteiger partial charge in [0.25, 0.3) is 0 Å². The van der Waals surface area contributed by atoms with Crippen LogP contribution in [-0.4, -0.2) is 41.8 Å². The predicted octanol–water partition coefficient (Wildman–Crippen LogP) is 3.01. The lowest BCUT2D eigenvalue weighted by molar-refractivity contribution is 0.0267. The molecule has 0 spiro atoms. The van der Waals surface area contributed by atoms with Gasteiger partial charge in [0.1, 0.15) is 5.60 Å². The summed E-state index contributed by atoms with van der Waals surface area (Å²) in [6.45, 7) is 6.75. The minimum atomic E-state index is -0.470. The van der Waals surface area contributed by atoms with Crippen molar-refractivity contribution in [3.05, 3.63) is 35.5 Å². The highest BCUT2D eigenvalue weighted by atomic mass is 16.6. The van der Waals surface area contributed by atoms with Crippen molar-refractivity contribution in [1.82, 2.24) is 9.88 Å². The Morgan fingerprint density at radius 2 is 2.09 bits per heavy atom. The fourth-order valence-corrected chi connectivity index (χ4v) is 2.00. The van der Waals surface area contributed by atoms with Crippen LogP contribution in [0.15, 0.2) is 30.0 Å². The number of amides is 1. The largest absolute Gasteiger partial charge is 0.481 e. The Balaban J connectivity index is 1.94. The molecule has 0 radical (unpaired) electrons. The Labute approximate surface area is 137 Å². The molecule has 0 saturated carbocycles. The zero-order chi connectivity index (χ0) is 16.9. The standard InChI is InChI=1S/C18H22N2O3/c1-18(2,3)23-17(21)20-11-9-14(10-12-20)5-6-15-7-8-16(22-4)19-13-15/h7-9,13H,10-12H2,1-4H3. The normalized spacial score (nSPS) is 14.4. The van der Waals surface area contributed by atoms with Gasteiger partial charge in [0, 0.05) is 36.5 Å². The van der Waals surface area contributed by atoms with Crippen molar-refractivity contribution in [2.24, 2.45) is 0 Å². The molecule has 1 aromatic rings. The van der Waals surface area contributed by atoms with E-state index >= 15 is 0 Å². The average Bonchev–Trinajstić information content (AvgIpc) is 2.52. The van der Waals surface area contributed by atoms with Gasteiger partial charge >= 0.3 is 6.09 Å². The topological polar surface area (TPSA) is 51.7 Å². The summed E-state index contributed by atoms with van der Waals surface area (Å²) in [4.78, 5) is 17.8. The van der Waals surface area contributed by atoms with Gasteiger partial charge in [-0.1, -0.05) is 17.9 Å². The Hall–Kier alpha value is -2.48. The molecule has 0 aliphatic carbocycles. The maximum atomic E-state index is 12.0. The lowest BCUT2D eigenvalue weighted by Gasteiger charge is -2.28. The molecule has 5 heteroatoms. The number of carbonyl (C=O) groups is 1. The quantitative estimate of drug-likeness (QED) is 0.748. The predicted molar refractivity (Wildman–Crippen MR) is 88.2 cm³/mol. The highest BCUT2D eigenvalue weighted by molar-refractivity contribution is 5.68. The van der Waals surface area contributed by atoms with E-state index in [-0.39, 0.29) is 6.09 Å². The van der Waals surface area contributed by atoms with Gasteiger partial charge in [-0.3, -0.25) is 0 Å². The van der Waals surface area contributed by atoms with Gasteiger partial charge in [-0.15, -0.1) is 0 Å². The smallest absolute Gasteiger partial charge is 0.410 e. The summed E-state index contributed by atoms with van der Waals surface area (Å²) in [5.41, 5.74) is 1.39. The van der Waals surface area contributed by atoms with E-state index in [0.717, 1.165) is 17.6 Å². The van der Waals surface area contributed by atoms with Crippen molar-refractivity contribution >= 4 is 6.09 Å². The van der Waals surface area contributed by atoms with E-state index < -0.39 is 5.60 Å². The third-order valence-electron chi connectivity index (χ3n) is 3.17. The third-order valence-corrected chi connectivity index (χ3v) is 3.17. The van der Waals surface area contributed by atoms with Gasteiger partial charge in [0.05, 0.1) is 7.11 Å². The molecule has 1 amide bonds. The molecule has 23 heavy (non-hydrogen) atoms. The second-order valence-corrected chi connectivity index (χ2v) is 6.24. The van der Waals surface area contributed by atoms with E-state index in [1.807, 2.05) is 32.9 Å². The summed E-state index contributed by atoms with van der Waals surface area (Å²) in [6.07, 6.45) is 4.11. The van der Waals surface area contributed by atoms with Crippen molar-refractivity contribution in [2.75, 3.05) is 20.2 Å². The number of hydrogen-bond donors (Lipinski definition) is 0. The molecule has 0 saturated heterocycles. The van der Waals surface area contributed by atoms with E-state index in [0.29, 0.717) is 19.0 Å². The summed E-state index contributed by atoms with van der Waals surface area (Å²) in [5.74, 6) is 6.78. The Morgan fingerprint density at radius 1 is 1.30 bits per heavy atom. The van der Waals surface area contributed by atoms with Crippen molar-refractivity contribution < 1.29 is 14.3 Å². The molecule has 0 N–H and O–H groups in total. The molecule has 0 bridgehead atoms. The minimum Gasteiger partial charge on any atom is -0.481 e. The second-order valence-electron chi connectivity index (χ2n) is 6.24. The molecule has 0 aromatic carbocycles. The molecule has 2 rings (SSSR count). The monoisotopic (exact) mass is 314 g/mol. The first-order chi connectivity index (χ1) is 10.9. The Bertz CT molecular complexity index is 646. The molecule has 1 aromatic heterocycles. The average molecular weight is 314 g/mol. The second kappa shape index (κ2) is 7.19. The summed E-state index contributed by atoms with van der Waals surface area (Å²) < 4.78 is 10.4. The number of nitrogens with zero attached hydrogens (tertiary/aromatic N) is 2. The van der Waals surface area contributed by atoms with Gasteiger partial charge in [0.2, 0.25) is 5.88 Å². The molecule has 0 fully saturated rings. The van der Waals surface area contributed by atoms with Crippen LogP contribution in [0.3, 0.4) is 0 Å². The number of carbonyl (C=O) groups excluding carboxylic acids is 1. The fraction of sp³-hybridized carbons (Fsp3) is 0.444. The zero-order valence-corrected chi connectivity index (χ0v) is 14.0. The minimum absolute atomic E-state index is 0.278. The van der Waals surface area contributed by atoms with Gasteiger partial charge in [-0.05, 0) is 33.3 Å². The van der Waals surface area contributed by atoms with E-state index in [9.17, 15) is 4.79 Å². The number of hydrogen-bond acceptors (Lipinski definition) is 4. The van der Waals surface area contributed by atoms with Crippen LogP contribution >= 0.6 is 0 Å². The number of ether oxygens (including phenoxy) is 2. The fourth-order valence-electron chi connectivity index (χ4n) is 2.00. The van der Waals surface area contributed by atoms with E-state index in [2.05, 4.69) is 16.8 Å². The van der Waals surface area contributed by atoms with E-state index in [4.69, 9.17) is 9.47 Å².